The average Bonchev–Trinajstić information content (AvgIpc) is 3.10. The topological polar surface area (TPSA) is 65.2 Å². The first-order chi connectivity index (χ1) is 11.1. The fourth-order valence-electron chi connectivity index (χ4n) is 3.29. The first kappa shape index (κ1) is 15.3. The van der Waals surface area contributed by atoms with Gasteiger partial charge in [0.15, 0.2) is 0 Å². The van der Waals surface area contributed by atoms with Gasteiger partial charge in [0.2, 0.25) is 5.91 Å². The lowest BCUT2D eigenvalue weighted by molar-refractivity contribution is -0.127. The number of hydrogen-bond donors (Lipinski definition) is 2. The van der Waals surface area contributed by atoms with E-state index in [1.165, 1.54) is 0 Å². The second-order valence-corrected chi connectivity index (χ2v) is 6.07. The highest BCUT2D eigenvalue weighted by Gasteiger charge is 2.38. The number of rotatable bonds is 4. The first-order valence-electron chi connectivity index (χ1n) is 7.80. The van der Waals surface area contributed by atoms with Gasteiger partial charge in [-0.15, -0.1) is 0 Å². The Bertz CT molecular complexity index is 708. The zero-order valence-electron chi connectivity index (χ0n) is 13.4. The summed E-state index contributed by atoms with van der Waals surface area (Å²) in [5, 5.41) is 2.96. The maximum Gasteiger partial charge on any atom is 0.267 e. The van der Waals surface area contributed by atoms with Crippen molar-refractivity contribution in [1.82, 2.24) is 15.2 Å². The van der Waals surface area contributed by atoms with Crippen molar-refractivity contribution in [3.05, 3.63) is 59.4 Å². The summed E-state index contributed by atoms with van der Waals surface area (Å²) in [6.45, 7) is 2.37. The van der Waals surface area contributed by atoms with Gasteiger partial charge in [0.1, 0.15) is 5.69 Å². The normalized spacial score (nSPS) is 20.8. The molecule has 120 valence electrons. The van der Waals surface area contributed by atoms with E-state index in [4.69, 9.17) is 0 Å². The molecule has 23 heavy (non-hydrogen) atoms. The van der Waals surface area contributed by atoms with E-state index in [0.29, 0.717) is 18.7 Å². The zero-order valence-corrected chi connectivity index (χ0v) is 13.4. The lowest BCUT2D eigenvalue weighted by atomic mass is 9.93. The summed E-state index contributed by atoms with van der Waals surface area (Å²) in [4.78, 5) is 29.1. The van der Waals surface area contributed by atoms with Crippen molar-refractivity contribution >= 4 is 11.8 Å². The fraction of sp³-hybridized carbons (Fsp3) is 0.333. The highest BCUT2D eigenvalue weighted by Crippen LogP contribution is 2.36. The fourth-order valence-corrected chi connectivity index (χ4v) is 3.29. The molecule has 0 saturated carbocycles. The number of H-pyrrole nitrogens is 1. The van der Waals surface area contributed by atoms with E-state index in [2.05, 4.69) is 10.3 Å². The number of amides is 2. The Labute approximate surface area is 135 Å². The molecular formula is C18H21N3O2. The van der Waals surface area contributed by atoms with Crippen LogP contribution in [0.2, 0.25) is 0 Å². The molecule has 0 aliphatic carbocycles. The highest BCUT2D eigenvalue weighted by atomic mass is 16.2. The van der Waals surface area contributed by atoms with Crippen molar-refractivity contribution in [3.63, 3.8) is 0 Å². The molecule has 5 nitrogen and oxygen atoms in total. The SMILES string of the molecule is Cc1cc[nH]c1C(=O)NC[C@@H]1CC(=O)N(C)[C@H]1c1ccccc1. The van der Waals surface area contributed by atoms with Crippen molar-refractivity contribution in [1.29, 1.82) is 0 Å². The number of nitrogens with one attached hydrogen (secondary N) is 2. The number of benzene rings is 1. The third kappa shape index (κ3) is 2.99. The average molecular weight is 311 g/mol. The largest absolute Gasteiger partial charge is 0.357 e. The van der Waals surface area contributed by atoms with Crippen LogP contribution in [-0.2, 0) is 4.79 Å². The van der Waals surface area contributed by atoms with Crippen molar-refractivity contribution in [2.45, 2.75) is 19.4 Å². The Morgan fingerprint density at radius 2 is 2.04 bits per heavy atom. The summed E-state index contributed by atoms with van der Waals surface area (Å²) in [7, 11) is 1.83. The maximum absolute atomic E-state index is 12.2. The molecule has 2 amide bonds. The van der Waals surface area contributed by atoms with Crippen LogP contribution in [0.3, 0.4) is 0 Å². The molecule has 1 fully saturated rings. The number of aromatic nitrogens is 1. The quantitative estimate of drug-likeness (QED) is 0.910. The summed E-state index contributed by atoms with van der Waals surface area (Å²) in [5.41, 5.74) is 2.61. The number of carbonyl (C=O) groups is 2. The van der Waals surface area contributed by atoms with Crippen LogP contribution in [-0.4, -0.2) is 35.3 Å². The number of aromatic amines is 1. The lowest BCUT2D eigenvalue weighted by Crippen LogP contribution is -2.33. The molecular weight excluding hydrogens is 290 g/mol. The minimum atomic E-state index is -0.124. The van der Waals surface area contributed by atoms with Crippen LogP contribution < -0.4 is 5.32 Å². The molecule has 2 aromatic rings. The molecule has 1 aliphatic heterocycles. The number of nitrogens with zero attached hydrogens (tertiary/aromatic N) is 1. The third-order valence-corrected chi connectivity index (χ3v) is 4.54. The Balaban J connectivity index is 1.72. The van der Waals surface area contributed by atoms with E-state index < -0.39 is 0 Å². The van der Waals surface area contributed by atoms with E-state index in [9.17, 15) is 9.59 Å². The standard InChI is InChI=1S/C18H21N3O2/c1-12-8-9-19-16(12)18(23)20-11-14-10-15(22)21(2)17(14)13-6-4-3-5-7-13/h3-9,14,17,19H,10-11H2,1-2H3,(H,20,23)/t14-,17-/m0/s1. The maximum atomic E-state index is 12.2. The van der Waals surface area contributed by atoms with E-state index >= 15 is 0 Å². The van der Waals surface area contributed by atoms with Gasteiger partial charge in [-0.3, -0.25) is 9.59 Å². The third-order valence-electron chi connectivity index (χ3n) is 4.54. The van der Waals surface area contributed by atoms with Gasteiger partial charge in [-0.25, -0.2) is 0 Å². The Kier molecular flexibility index (Phi) is 4.19. The summed E-state index contributed by atoms with van der Waals surface area (Å²) in [6.07, 6.45) is 2.21. The number of hydrogen-bond acceptors (Lipinski definition) is 2. The zero-order chi connectivity index (χ0) is 16.4. The number of carbonyl (C=O) groups excluding carboxylic acids is 2. The van der Waals surface area contributed by atoms with Gasteiger partial charge in [0.25, 0.3) is 5.91 Å². The van der Waals surface area contributed by atoms with Gasteiger partial charge >= 0.3 is 0 Å². The lowest BCUT2D eigenvalue weighted by Gasteiger charge is -2.25. The van der Waals surface area contributed by atoms with Crippen LogP contribution in [0.1, 0.15) is 34.1 Å². The van der Waals surface area contributed by atoms with Crippen molar-refractivity contribution in [3.8, 4) is 0 Å². The van der Waals surface area contributed by atoms with Crippen molar-refractivity contribution in [2.75, 3.05) is 13.6 Å². The van der Waals surface area contributed by atoms with Gasteiger partial charge in [-0.2, -0.15) is 0 Å². The molecule has 5 heteroatoms. The summed E-state index contributed by atoms with van der Waals surface area (Å²) in [5.74, 6) is 0.0737. The number of aryl methyl sites for hydroxylation is 1. The molecule has 2 atom stereocenters. The van der Waals surface area contributed by atoms with E-state index in [1.54, 1.807) is 11.1 Å². The monoisotopic (exact) mass is 311 g/mol. The predicted octanol–water partition coefficient (Wildman–Crippen LogP) is 2.27. The van der Waals surface area contributed by atoms with Crippen molar-refractivity contribution in [2.24, 2.45) is 5.92 Å². The van der Waals surface area contributed by atoms with Crippen molar-refractivity contribution < 1.29 is 9.59 Å². The molecule has 0 radical (unpaired) electrons. The van der Waals surface area contributed by atoms with Gasteiger partial charge in [0.05, 0.1) is 6.04 Å². The predicted molar refractivity (Wildman–Crippen MR) is 87.9 cm³/mol. The Morgan fingerprint density at radius 1 is 1.30 bits per heavy atom. The van der Waals surface area contributed by atoms with Crippen LogP contribution in [0.15, 0.2) is 42.6 Å². The second-order valence-electron chi connectivity index (χ2n) is 6.07. The summed E-state index contributed by atoms with van der Waals surface area (Å²) in [6, 6.07) is 11.9. The molecule has 1 aromatic heterocycles. The molecule has 1 aromatic carbocycles. The van der Waals surface area contributed by atoms with Crippen LogP contribution in [0.25, 0.3) is 0 Å². The first-order valence-corrected chi connectivity index (χ1v) is 7.80. The van der Waals surface area contributed by atoms with Crippen LogP contribution in [0, 0.1) is 12.8 Å². The van der Waals surface area contributed by atoms with Crippen LogP contribution in [0.4, 0.5) is 0 Å². The number of likely N-dealkylation sites (tertiary alicyclic amines) is 1. The molecule has 2 heterocycles. The van der Waals surface area contributed by atoms with Gasteiger partial charge in [-0.05, 0) is 24.1 Å². The summed E-state index contributed by atoms with van der Waals surface area (Å²) >= 11 is 0. The van der Waals surface area contributed by atoms with Gasteiger partial charge in [-0.1, -0.05) is 30.3 Å². The molecule has 0 bridgehead atoms. The Morgan fingerprint density at radius 3 is 2.70 bits per heavy atom. The van der Waals surface area contributed by atoms with E-state index in [0.717, 1.165) is 11.1 Å². The second kappa shape index (κ2) is 6.28. The molecule has 1 aliphatic rings. The molecule has 0 spiro atoms. The van der Waals surface area contributed by atoms with Gasteiger partial charge in [0, 0.05) is 32.1 Å². The van der Waals surface area contributed by atoms with E-state index in [-0.39, 0.29) is 23.8 Å². The minimum Gasteiger partial charge on any atom is -0.357 e. The minimum absolute atomic E-state index is 0.00809. The summed E-state index contributed by atoms with van der Waals surface area (Å²) < 4.78 is 0. The molecule has 3 rings (SSSR count). The van der Waals surface area contributed by atoms with Gasteiger partial charge < -0.3 is 15.2 Å². The molecule has 2 N–H and O–H groups in total. The highest BCUT2D eigenvalue weighted by molar-refractivity contribution is 5.93. The Hall–Kier alpha value is -2.56. The van der Waals surface area contributed by atoms with E-state index in [1.807, 2.05) is 50.4 Å². The molecule has 0 unspecified atom stereocenters. The smallest absolute Gasteiger partial charge is 0.267 e. The van der Waals surface area contributed by atoms with Crippen LogP contribution >= 0.6 is 0 Å². The molecule has 1 saturated heterocycles. The van der Waals surface area contributed by atoms with Crippen LogP contribution in [0.5, 0.6) is 0 Å².